The van der Waals surface area contributed by atoms with Crippen molar-refractivity contribution in [3.63, 3.8) is 0 Å². The monoisotopic (exact) mass is 432 g/mol. The van der Waals surface area contributed by atoms with E-state index in [4.69, 9.17) is 16.3 Å². The quantitative estimate of drug-likeness (QED) is 0.620. The van der Waals surface area contributed by atoms with Gasteiger partial charge in [0.25, 0.3) is 0 Å². The highest BCUT2D eigenvalue weighted by Gasteiger charge is 2.24. The molecule has 0 saturated carbocycles. The van der Waals surface area contributed by atoms with Gasteiger partial charge in [0.2, 0.25) is 15.9 Å². The zero-order valence-electron chi connectivity index (χ0n) is 16.1. The van der Waals surface area contributed by atoms with Gasteiger partial charge in [-0.25, -0.2) is 8.42 Å². The van der Waals surface area contributed by atoms with E-state index < -0.39 is 15.9 Å². The number of rotatable bonds is 7. The van der Waals surface area contributed by atoms with Gasteiger partial charge in [-0.1, -0.05) is 54.1 Å². The Morgan fingerprint density at radius 1 is 1.10 bits per heavy atom. The van der Waals surface area contributed by atoms with E-state index in [9.17, 15) is 13.2 Å². The van der Waals surface area contributed by atoms with Crippen molar-refractivity contribution in [3.8, 4) is 5.75 Å². The number of nitrogens with zero attached hydrogens (tertiary/aromatic N) is 1. The first-order valence-electron chi connectivity index (χ1n) is 8.86. The summed E-state index contributed by atoms with van der Waals surface area (Å²) >= 11 is 6.02. The highest BCUT2D eigenvalue weighted by Crippen LogP contribution is 2.28. The molecule has 0 unspecified atom stereocenters. The predicted octanol–water partition coefficient (Wildman–Crippen LogP) is 3.44. The molecule has 3 aromatic carbocycles. The fraction of sp³-hybridized carbons (Fsp3) is 0.190. The Labute approximate surface area is 175 Å². The van der Waals surface area contributed by atoms with Gasteiger partial charge in [0, 0.05) is 13.6 Å². The molecule has 0 aliphatic heterocycles. The summed E-state index contributed by atoms with van der Waals surface area (Å²) in [5.41, 5.74) is 0.962. The van der Waals surface area contributed by atoms with Crippen LogP contribution in [-0.4, -0.2) is 39.3 Å². The lowest BCUT2D eigenvalue weighted by molar-refractivity contribution is -0.121. The Kier molecular flexibility index (Phi) is 6.42. The molecule has 0 atom stereocenters. The van der Waals surface area contributed by atoms with E-state index in [-0.39, 0.29) is 16.5 Å². The van der Waals surface area contributed by atoms with Crippen LogP contribution in [-0.2, 0) is 21.4 Å². The third kappa shape index (κ3) is 4.70. The van der Waals surface area contributed by atoms with E-state index in [1.807, 2.05) is 42.5 Å². The Morgan fingerprint density at radius 2 is 1.83 bits per heavy atom. The molecular weight excluding hydrogens is 412 g/mol. The van der Waals surface area contributed by atoms with Crippen molar-refractivity contribution in [1.82, 2.24) is 9.62 Å². The number of sulfonamides is 1. The molecule has 6 nitrogen and oxygen atoms in total. The molecule has 0 heterocycles. The fourth-order valence-corrected chi connectivity index (χ4v) is 4.45. The number of methoxy groups -OCH3 is 1. The number of carbonyl (C=O) groups is 1. The summed E-state index contributed by atoms with van der Waals surface area (Å²) in [5.74, 6) is -0.0234. The maximum Gasteiger partial charge on any atom is 0.243 e. The van der Waals surface area contributed by atoms with Crippen molar-refractivity contribution in [2.45, 2.75) is 11.4 Å². The van der Waals surface area contributed by atoms with Gasteiger partial charge in [0.1, 0.15) is 5.75 Å². The standard InChI is InChI=1S/C21H21ClN2O4S/c1-24(29(26,27)17-10-11-20(28-2)19(22)12-17)14-21(25)23-13-16-8-5-7-15-6-3-4-9-18(15)16/h3-12H,13-14H2,1-2H3,(H,23,25). The lowest BCUT2D eigenvalue weighted by Crippen LogP contribution is -2.38. The van der Waals surface area contributed by atoms with Gasteiger partial charge < -0.3 is 10.1 Å². The summed E-state index contributed by atoms with van der Waals surface area (Å²) in [7, 11) is -1.07. The molecule has 152 valence electrons. The zero-order valence-corrected chi connectivity index (χ0v) is 17.6. The number of fused-ring (bicyclic) bond motifs is 1. The number of halogens is 1. The van der Waals surface area contributed by atoms with Crippen LogP contribution in [0.2, 0.25) is 5.02 Å². The molecule has 0 aliphatic rings. The molecule has 8 heteroatoms. The largest absolute Gasteiger partial charge is 0.495 e. The van der Waals surface area contributed by atoms with E-state index in [0.717, 1.165) is 20.6 Å². The predicted molar refractivity (Wildman–Crippen MR) is 114 cm³/mol. The number of carbonyl (C=O) groups excluding carboxylic acids is 1. The van der Waals surface area contributed by atoms with Crippen LogP contribution < -0.4 is 10.1 Å². The lowest BCUT2D eigenvalue weighted by atomic mass is 10.0. The number of nitrogens with one attached hydrogen (secondary N) is 1. The Balaban J connectivity index is 1.67. The van der Waals surface area contributed by atoms with E-state index in [1.54, 1.807) is 0 Å². The molecule has 1 N–H and O–H groups in total. The van der Waals surface area contributed by atoms with Crippen LogP contribution in [0.3, 0.4) is 0 Å². The first-order chi connectivity index (χ1) is 13.8. The summed E-state index contributed by atoms with van der Waals surface area (Å²) in [5, 5.41) is 5.09. The van der Waals surface area contributed by atoms with Crippen LogP contribution in [0.5, 0.6) is 5.75 Å². The van der Waals surface area contributed by atoms with E-state index in [0.29, 0.717) is 12.3 Å². The average Bonchev–Trinajstić information content (AvgIpc) is 2.72. The Hall–Kier alpha value is -2.61. The topological polar surface area (TPSA) is 75.7 Å². The minimum Gasteiger partial charge on any atom is -0.495 e. The normalized spacial score (nSPS) is 11.6. The molecule has 0 saturated heterocycles. The first kappa shape index (κ1) is 21.1. The second-order valence-electron chi connectivity index (χ2n) is 6.47. The smallest absolute Gasteiger partial charge is 0.243 e. The molecule has 1 amide bonds. The SMILES string of the molecule is COc1ccc(S(=O)(=O)N(C)CC(=O)NCc2cccc3ccccc23)cc1Cl. The molecule has 29 heavy (non-hydrogen) atoms. The fourth-order valence-electron chi connectivity index (χ4n) is 2.97. The number of hydrogen-bond acceptors (Lipinski definition) is 4. The number of ether oxygens (including phenoxy) is 1. The molecule has 0 aromatic heterocycles. The van der Waals surface area contributed by atoms with Crippen molar-refractivity contribution >= 4 is 38.3 Å². The highest BCUT2D eigenvalue weighted by molar-refractivity contribution is 7.89. The van der Waals surface area contributed by atoms with Crippen molar-refractivity contribution in [1.29, 1.82) is 0 Å². The molecule has 0 fully saturated rings. The molecule has 3 aromatic rings. The van der Waals surface area contributed by atoms with Gasteiger partial charge >= 0.3 is 0 Å². The van der Waals surface area contributed by atoms with Crippen LogP contribution >= 0.6 is 11.6 Å². The summed E-state index contributed by atoms with van der Waals surface area (Å²) in [6, 6.07) is 17.9. The van der Waals surface area contributed by atoms with Crippen molar-refractivity contribution < 1.29 is 17.9 Å². The second-order valence-corrected chi connectivity index (χ2v) is 8.92. The minimum absolute atomic E-state index is 0.00680. The number of hydrogen-bond donors (Lipinski definition) is 1. The van der Waals surface area contributed by atoms with Crippen molar-refractivity contribution in [2.75, 3.05) is 20.7 Å². The van der Waals surface area contributed by atoms with Gasteiger partial charge in [-0.05, 0) is 34.5 Å². The molecule has 0 radical (unpaired) electrons. The van der Waals surface area contributed by atoms with E-state index in [2.05, 4.69) is 5.32 Å². The highest BCUT2D eigenvalue weighted by atomic mass is 35.5. The third-order valence-corrected chi connectivity index (χ3v) is 6.65. The van der Waals surface area contributed by atoms with Crippen LogP contribution in [0.15, 0.2) is 65.6 Å². The number of amides is 1. The number of benzene rings is 3. The summed E-state index contributed by atoms with van der Waals surface area (Å²) in [6.45, 7) is -0.000808. The van der Waals surface area contributed by atoms with Crippen LogP contribution in [0.1, 0.15) is 5.56 Å². The third-order valence-electron chi connectivity index (χ3n) is 4.55. The van der Waals surface area contributed by atoms with Gasteiger partial charge in [0.15, 0.2) is 0 Å². The second kappa shape index (κ2) is 8.82. The minimum atomic E-state index is -3.87. The van der Waals surface area contributed by atoms with E-state index >= 15 is 0 Å². The van der Waals surface area contributed by atoms with Gasteiger partial charge in [-0.3, -0.25) is 4.79 Å². The summed E-state index contributed by atoms with van der Waals surface area (Å²) in [6.07, 6.45) is 0. The average molecular weight is 433 g/mol. The zero-order chi connectivity index (χ0) is 21.0. The first-order valence-corrected chi connectivity index (χ1v) is 10.7. The van der Waals surface area contributed by atoms with Crippen LogP contribution in [0, 0.1) is 0 Å². The molecule has 0 bridgehead atoms. The van der Waals surface area contributed by atoms with Gasteiger partial charge in [-0.15, -0.1) is 0 Å². The maximum atomic E-state index is 12.7. The lowest BCUT2D eigenvalue weighted by Gasteiger charge is -2.17. The molecule has 0 aliphatic carbocycles. The summed E-state index contributed by atoms with van der Waals surface area (Å²) in [4.78, 5) is 12.3. The van der Waals surface area contributed by atoms with Gasteiger partial charge in [0.05, 0.1) is 23.6 Å². The summed E-state index contributed by atoms with van der Waals surface area (Å²) < 4.78 is 31.5. The van der Waals surface area contributed by atoms with Crippen LogP contribution in [0.25, 0.3) is 10.8 Å². The van der Waals surface area contributed by atoms with Gasteiger partial charge in [-0.2, -0.15) is 4.31 Å². The van der Waals surface area contributed by atoms with E-state index in [1.165, 1.54) is 32.4 Å². The van der Waals surface area contributed by atoms with Crippen molar-refractivity contribution in [2.24, 2.45) is 0 Å². The Bertz CT molecular complexity index is 1140. The molecular formula is C21H21ClN2O4S. The maximum absolute atomic E-state index is 12.7. The van der Waals surface area contributed by atoms with Crippen LogP contribution in [0.4, 0.5) is 0 Å². The molecule has 0 spiro atoms. The number of likely N-dealkylation sites (N-methyl/N-ethyl adjacent to an activating group) is 1. The van der Waals surface area contributed by atoms with Crippen molar-refractivity contribution in [3.05, 3.63) is 71.2 Å². The molecule has 3 rings (SSSR count). The Morgan fingerprint density at radius 3 is 2.55 bits per heavy atom.